The summed E-state index contributed by atoms with van der Waals surface area (Å²) in [5, 5.41) is 0. The van der Waals surface area contributed by atoms with E-state index < -0.39 is 26.4 Å². The summed E-state index contributed by atoms with van der Waals surface area (Å²) in [4.78, 5) is 7.35. The maximum Gasteiger partial charge on any atom is 0.104 e. The van der Waals surface area contributed by atoms with Gasteiger partial charge in [-0.2, -0.15) is 0 Å². The molecule has 0 amide bonds. The molecule has 2 atom stereocenters. The summed E-state index contributed by atoms with van der Waals surface area (Å²) in [5.74, 6) is 0. The van der Waals surface area contributed by atoms with Crippen LogP contribution in [0.2, 0.25) is 0 Å². The lowest BCUT2D eigenvalue weighted by atomic mass is 10.1. The van der Waals surface area contributed by atoms with Gasteiger partial charge in [-0.25, -0.2) is 0 Å². The summed E-state index contributed by atoms with van der Waals surface area (Å²) in [6.07, 6.45) is -0.886. The highest BCUT2D eigenvalue weighted by Crippen LogP contribution is 2.49. The number of benzene rings is 3. The SMILES string of the molecule is [2H]C([2H])([2H])CN1c2ccccc2N(c2cccc(N3c4ccccc4N(C([2H])([2H])C([2H])([2H])[2H])[C@@H]3C)c2C)[C@@H]1C. The van der Waals surface area contributed by atoms with Crippen molar-refractivity contribution in [2.24, 2.45) is 0 Å². The van der Waals surface area contributed by atoms with E-state index in [9.17, 15) is 0 Å². The van der Waals surface area contributed by atoms with Gasteiger partial charge in [-0.05, 0) is 76.4 Å². The maximum atomic E-state index is 8.57. The third-order valence-corrected chi connectivity index (χ3v) is 6.51. The van der Waals surface area contributed by atoms with Crippen LogP contribution in [0.1, 0.15) is 44.1 Å². The lowest BCUT2D eigenvalue weighted by Gasteiger charge is -2.34. The topological polar surface area (TPSA) is 13.0 Å². The molecule has 0 saturated heterocycles. The van der Waals surface area contributed by atoms with Gasteiger partial charge in [-0.3, -0.25) is 0 Å². The summed E-state index contributed by atoms with van der Waals surface area (Å²) < 4.78 is 64.5. The number of hydrogen-bond acceptors (Lipinski definition) is 4. The van der Waals surface area contributed by atoms with E-state index in [2.05, 4.69) is 4.90 Å². The zero-order valence-corrected chi connectivity index (χ0v) is 18.0. The lowest BCUT2D eigenvalue weighted by molar-refractivity contribution is 0.685. The van der Waals surface area contributed by atoms with E-state index in [-0.39, 0.29) is 12.7 Å². The Bertz CT molecular complexity index is 1390. The third kappa shape index (κ3) is 2.81. The number of anilines is 6. The molecule has 0 fully saturated rings. The van der Waals surface area contributed by atoms with Crippen molar-refractivity contribution in [3.63, 3.8) is 0 Å². The molecule has 4 nitrogen and oxygen atoms in total. The van der Waals surface area contributed by atoms with Gasteiger partial charge in [0.05, 0.1) is 22.7 Å². The minimum Gasteiger partial charge on any atom is -0.350 e. The van der Waals surface area contributed by atoms with E-state index >= 15 is 0 Å². The second kappa shape index (κ2) is 7.52. The third-order valence-electron chi connectivity index (χ3n) is 6.51. The van der Waals surface area contributed by atoms with Crippen LogP contribution < -0.4 is 19.6 Å². The molecular formula is C27H32N4. The van der Waals surface area contributed by atoms with E-state index in [1.165, 1.54) is 4.90 Å². The highest BCUT2D eigenvalue weighted by Gasteiger charge is 2.36. The molecule has 4 heteroatoms. The van der Waals surface area contributed by atoms with Gasteiger partial charge >= 0.3 is 0 Å². The fraction of sp³-hybridized carbons (Fsp3) is 0.333. The fourth-order valence-electron chi connectivity index (χ4n) is 5.01. The molecule has 0 spiro atoms. The first-order valence-corrected chi connectivity index (χ1v) is 10.6. The van der Waals surface area contributed by atoms with E-state index in [0.717, 1.165) is 34.0 Å². The summed E-state index contributed by atoms with van der Waals surface area (Å²) >= 11 is 0. The minimum atomic E-state index is -2.86. The van der Waals surface area contributed by atoms with E-state index in [1.807, 2.05) is 85.2 Å². The Hall–Kier alpha value is -3.14. The number of rotatable bonds is 4. The number of para-hydroxylation sites is 4. The molecule has 0 bridgehead atoms. The van der Waals surface area contributed by atoms with Gasteiger partial charge in [0.2, 0.25) is 0 Å². The first kappa shape index (κ1) is 12.7. The van der Waals surface area contributed by atoms with Crippen LogP contribution in [-0.4, -0.2) is 25.4 Å². The smallest absolute Gasteiger partial charge is 0.104 e. The summed E-state index contributed by atoms with van der Waals surface area (Å²) in [6.45, 7) is -1.89. The summed E-state index contributed by atoms with van der Waals surface area (Å²) in [7, 11) is 0. The van der Waals surface area contributed by atoms with Crippen LogP contribution in [-0.2, 0) is 0 Å². The Labute approximate surface area is 197 Å². The Morgan fingerprint density at radius 2 is 1.16 bits per heavy atom. The Morgan fingerprint density at radius 3 is 1.71 bits per heavy atom. The van der Waals surface area contributed by atoms with E-state index in [0.29, 0.717) is 5.69 Å². The quantitative estimate of drug-likeness (QED) is 0.469. The Kier molecular flexibility index (Phi) is 3.07. The van der Waals surface area contributed by atoms with Gasteiger partial charge in [-0.1, -0.05) is 30.3 Å². The van der Waals surface area contributed by atoms with Crippen molar-refractivity contribution >= 4 is 34.1 Å². The second-order valence-corrected chi connectivity index (χ2v) is 8.01. The van der Waals surface area contributed by atoms with Gasteiger partial charge in [0.1, 0.15) is 12.3 Å². The van der Waals surface area contributed by atoms with Gasteiger partial charge in [0.25, 0.3) is 0 Å². The molecule has 0 N–H and O–H groups in total. The van der Waals surface area contributed by atoms with Crippen LogP contribution in [0.15, 0.2) is 66.7 Å². The average Bonchev–Trinajstić information content (AvgIpc) is 3.29. The molecule has 2 heterocycles. The first-order chi connectivity index (χ1) is 18.1. The zero-order valence-electron chi connectivity index (χ0n) is 26.0. The molecule has 3 aromatic carbocycles. The lowest BCUT2D eigenvalue weighted by Crippen LogP contribution is -2.39. The molecule has 0 saturated carbocycles. The second-order valence-electron chi connectivity index (χ2n) is 8.01. The number of hydrogen-bond donors (Lipinski definition) is 0. The van der Waals surface area contributed by atoms with Crippen LogP contribution in [0.3, 0.4) is 0 Å². The van der Waals surface area contributed by atoms with Crippen molar-refractivity contribution < 1.29 is 11.0 Å². The average molecular weight is 421 g/mol. The van der Waals surface area contributed by atoms with Gasteiger partial charge < -0.3 is 19.6 Å². The van der Waals surface area contributed by atoms with Crippen LogP contribution >= 0.6 is 0 Å². The monoisotopic (exact) mass is 420 g/mol. The van der Waals surface area contributed by atoms with Crippen LogP contribution in [0, 0.1) is 6.92 Å². The van der Waals surface area contributed by atoms with Gasteiger partial charge in [0, 0.05) is 35.4 Å². The molecule has 2 aliphatic heterocycles. The van der Waals surface area contributed by atoms with Crippen LogP contribution in [0.4, 0.5) is 34.1 Å². The normalized spacial score (nSPS) is 24.9. The maximum absolute atomic E-state index is 8.57. The number of fused-ring (bicyclic) bond motifs is 2. The van der Waals surface area contributed by atoms with E-state index in [4.69, 9.17) is 11.0 Å². The minimum absolute atomic E-state index is 0.0872. The van der Waals surface area contributed by atoms with Crippen LogP contribution in [0.25, 0.3) is 0 Å². The van der Waals surface area contributed by atoms with Crippen molar-refractivity contribution in [3.05, 3.63) is 72.3 Å². The molecule has 5 rings (SSSR count). The van der Waals surface area contributed by atoms with E-state index in [1.54, 1.807) is 12.1 Å². The van der Waals surface area contributed by atoms with Crippen molar-refractivity contribution in [2.75, 3.05) is 32.6 Å². The highest BCUT2D eigenvalue weighted by molar-refractivity contribution is 5.89. The van der Waals surface area contributed by atoms with Gasteiger partial charge in [0.15, 0.2) is 0 Å². The zero-order chi connectivity index (χ0) is 28.5. The first-order valence-electron chi connectivity index (χ1n) is 14.6. The molecule has 0 aromatic heterocycles. The molecule has 3 aromatic rings. The molecule has 0 aliphatic carbocycles. The molecular weight excluding hydrogens is 380 g/mol. The predicted molar refractivity (Wildman–Crippen MR) is 133 cm³/mol. The van der Waals surface area contributed by atoms with Crippen molar-refractivity contribution in [1.29, 1.82) is 0 Å². The molecule has 0 unspecified atom stereocenters. The summed E-state index contributed by atoms with van der Waals surface area (Å²) in [5.41, 5.74) is 5.61. The van der Waals surface area contributed by atoms with Crippen molar-refractivity contribution in [3.8, 4) is 0 Å². The fourth-order valence-corrected chi connectivity index (χ4v) is 5.01. The molecule has 0 radical (unpaired) electrons. The predicted octanol–water partition coefficient (Wildman–Crippen LogP) is 6.64. The van der Waals surface area contributed by atoms with Crippen molar-refractivity contribution in [2.45, 2.75) is 46.8 Å². The standard InChI is InChI=1S/C27H32N4/c1-6-28-20(4)30(26-15-10-8-13-24(26)28)22-17-12-18-23(19(22)3)31-21(5)29(7-2)25-14-9-11-16-27(25)31/h8-18,20-21H,6-7H2,1-5H3/t20-,21+/i1D3,2D3,6D2/m0/s1. The summed E-state index contributed by atoms with van der Waals surface area (Å²) in [6, 6.07) is 20.9. The van der Waals surface area contributed by atoms with Gasteiger partial charge in [-0.15, -0.1) is 0 Å². The molecule has 2 aliphatic rings. The number of nitrogens with zero attached hydrogens (tertiary/aromatic N) is 4. The molecule has 160 valence electrons. The van der Waals surface area contributed by atoms with Crippen LogP contribution in [0.5, 0.6) is 0 Å². The van der Waals surface area contributed by atoms with Crippen molar-refractivity contribution in [1.82, 2.24) is 0 Å². The Balaban J connectivity index is 1.62. The largest absolute Gasteiger partial charge is 0.350 e. The highest BCUT2D eigenvalue weighted by atomic mass is 15.4. The molecule has 31 heavy (non-hydrogen) atoms. The Morgan fingerprint density at radius 1 is 0.677 bits per heavy atom.